The third kappa shape index (κ3) is 4.87. The average molecular weight is 344 g/mol. The molecule has 0 atom stereocenters. The number of aryl methyl sites for hydroxylation is 1. The van der Waals surface area contributed by atoms with Crippen LogP contribution < -0.4 is 10.2 Å². The van der Waals surface area contributed by atoms with Gasteiger partial charge in [0.15, 0.2) is 6.61 Å². The summed E-state index contributed by atoms with van der Waals surface area (Å²) in [5.74, 6) is -0.328. The fourth-order valence-electron chi connectivity index (χ4n) is 1.90. The van der Waals surface area contributed by atoms with Crippen molar-refractivity contribution in [2.75, 3.05) is 13.7 Å². The van der Waals surface area contributed by atoms with E-state index in [1.807, 2.05) is 23.6 Å². The van der Waals surface area contributed by atoms with Gasteiger partial charge in [-0.1, -0.05) is 6.07 Å². The number of aromatic nitrogens is 1. The lowest BCUT2D eigenvalue weighted by atomic mass is 10.1. The number of hydrogen-bond acceptors (Lipinski definition) is 7. The number of nitrogens with zero attached hydrogens (tertiary/aromatic N) is 3. The molecular formula is C16H16N4O3S. The molecule has 0 radical (unpaired) electrons. The van der Waals surface area contributed by atoms with Crippen LogP contribution >= 0.6 is 11.3 Å². The molecule has 24 heavy (non-hydrogen) atoms. The minimum Gasteiger partial charge on any atom is -0.467 e. The zero-order valence-corrected chi connectivity index (χ0v) is 14.1. The van der Waals surface area contributed by atoms with E-state index in [0.29, 0.717) is 11.3 Å². The number of amides is 1. The summed E-state index contributed by atoms with van der Waals surface area (Å²) in [5.41, 5.74) is 3.96. The lowest BCUT2D eigenvalue weighted by Gasteiger charge is -2.10. The van der Waals surface area contributed by atoms with Crippen LogP contribution in [0.4, 0.5) is 0 Å². The van der Waals surface area contributed by atoms with E-state index in [9.17, 15) is 10.1 Å². The lowest BCUT2D eigenvalue weighted by molar-refractivity contribution is -0.123. The number of rotatable bonds is 7. The van der Waals surface area contributed by atoms with Crippen molar-refractivity contribution in [1.29, 1.82) is 5.26 Å². The maximum Gasteiger partial charge on any atom is 0.278 e. The van der Waals surface area contributed by atoms with Gasteiger partial charge in [0, 0.05) is 23.2 Å². The van der Waals surface area contributed by atoms with Gasteiger partial charge in [-0.2, -0.15) is 10.4 Å². The van der Waals surface area contributed by atoms with Crippen molar-refractivity contribution in [3.63, 3.8) is 0 Å². The van der Waals surface area contributed by atoms with E-state index in [1.54, 1.807) is 19.2 Å². The van der Waals surface area contributed by atoms with Gasteiger partial charge in [0.2, 0.25) is 5.88 Å². The first-order valence-corrected chi connectivity index (χ1v) is 7.89. The van der Waals surface area contributed by atoms with E-state index in [0.717, 1.165) is 4.88 Å². The van der Waals surface area contributed by atoms with Gasteiger partial charge >= 0.3 is 0 Å². The van der Waals surface area contributed by atoms with Gasteiger partial charge in [-0.05, 0) is 24.4 Å². The second-order valence-electron chi connectivity index (χ2n) is 4.75. The Morgan fingerprint density at radius 2 is 2.42 bits per heavy atom. The summed E-state index contributed by atoms with van der Waals surface area (Å²) < 4.78 is 10.4. The number of carbonyl (C=O) groups excluding carboxylic acids is 1. The molecule has 8 heteroatoms. The van der Waals surface area contributed by atoms with Gasteiger partial charge < -0.3 is 9.47 Å². The third-order valence-electron chi connectivity index (χ3n) is 2.87. The molecule has 0 spiro atoms. The average Bonchev–Trinajstić information content (AvgIpc) is 3.06. The number of hydrazone groups is 1. The van der Waals surface area contributed by atoms with E-state index < -0.39 is 5.91 Å². The molecule has 0 saturated carbocycles. The van der Waals surface area contributed by atoms with Crippen LogP contribution in [-0.2, 0) is 16.1 Å². The quantitative estimate of drug-likeness (QED) is 0.612. The van der Waals surface area contributed by atoms with Crippen molar-refractivity contribution < 1.29 is 14.3 Å². The molecule has 0 aromatic carbocycles. The lowest BCUT2D eigenvalue weighted by Crippen LogP contribution is -2.25. The molecular weight excluding hydrogens is 328 g/mol. The van der Waals surface area contributed by atoms with E-state index >= 15 is 0 Å². The second kappa shape index (κ2) is 8.76. The molecule has 0 aliphatic carbocycles. The second-order valence-corrected chi connectivity index (χ2v) is 5.72. The Kier molecular flexibility index (Phi) is 6.42. The van der Waals surface area contributed by atoms with Crippen molar-refractivity contribution in [2.24, 2.45) is 5.10 Å². The van der Waals surface area contributed by atoms with Gasteiger partial charge in [0.25, 0.3) is 5.91 Å². The Morgan fingerprint density at radius 3 is 3.08 bits per heavy atom. The molecule has 2 aromatic heterocycles. The molecule has 2 heterocycles. The number of nitriles is 1. The normalized spacial score (nSPS) is 10.5. The van der Waals surface area contributed by atoms with Crippen LogP contribution in [0.1, 0.15) is 21.7 Å². The Hall–Kier alpha value is -2.76. The summed E-state index contributed by atoms with van der Waals surface area (Å²) in [6.45, 7) is 1.75. The Bertz CT molecular complexity index is 766. The minimum atomic E-state index is -0.441. The van der Waals surface area contributed by atoms with Crippen LogP contribution in [-0.4, -0.2) is 30.8 Å². The topological polar surface area (TPSA) is 96.6 Å². The van der Waals surface area contributed by atoms with Gasteiger partial charge in [-0.25, -0.2) is 10.4 Å². The molecule has 2 rings (SSSR count). The largest absolute Gasteiger partial charge is 0.467 e. The third-order valence-corrected chi connectivity index (χ3v) is 3.68. The highest BCUT2D eigenvalue weighted by Crippen LogP contribution is 2.21. The first-order valence-electron chi connectivity index (χ1n) is 7.01. The number of carbonyl (C=O) groups is 1. The van der Waals surface area contributed by atoms with Gasteiger partial charge in [0.05, 0.1) is 12.8 Å². The summed E-state index contributed by atoms with van der Waals surface area (Å²) >= 11 is 1.51. The summed E-state index contributed by atoms with van der Waals surface area (Å²) in [5, 5.41) is 15.0. The summed E-state index contributed by atoms with van der Waals surface area (Å²) in [4.78, 5) is 16.8. The van der Waals surface area contributed by atoms with Crippen LogP contribution in [0, 0.1) is 18.3 Å². The fraction of sp³-hybridized carbons (Fsp3) is 0.250. The van der Waals surface area contributed by atoms with Crippen LogP contribution in [0.5, 0.6) is 5.88 Å². The molecule has 0 bridgehead atoms. The molecule has 0 aliphatic heterocycles. The predicted molar refractivity (Wildman–Crippen MR) is 90.0 cm³/mol. The van der Waals surface area contributed by atoms with Crippen LogP contribution in [0.2, 0.25) is 0 Å². The van der Waals surface area contributed by atoms with Gasteiger partial charge in [-0.15, -0.1) is 11.3 Å². The SMILES string of the molecule is COCc1cc(C)nc(OCC(=O)N/N=C\c2cccs2)c1C#N. The van der Waals surface area contributed by atoms with Crippen LogP contribution in [0.25, 0.3) is 0 Å². The van der Waals surface area contributed by atoms with Crippen LogP contribution in [0.3, 0.4) is 0 Å². The van der Waals surface area contributed by atoms with E-state index in [1.165, 1.54) is 18.4 Å². The first kappa shape index (κ1) is 17.6. The Labute approximate surface area is 143 Å². The highest BCUT2D eigenvalue weighted by Gasteiger charge is 2.14. The standard InChI is InChI=1S/C16H16N4O3S/c1-11-6-12(9-22-2)14(7-17)16(19-11)23-10-15(21)20-18-8-13-4-3-5-24-13/h3-6,8H,9-10H2,1-2H3,(H,20,21)/b18-8-. The summed E-state index contributed by atoms with van der Waals surface area (Å²) in [7, 11) is 1.54. The Morgan fingerprint density at radius 1 is 1.58 bits per heavy atom. The molecule has 0 fully saturated rings. The number of pyridine rings is 1. The van der Waals surface area contributed by atoms with E-state index in [2.05, 4.69) is 15.5 Å². The molecule has 7 nitrogen and oxygen atoms in total. The number of methoxy groups -OCH3 is 1. The van der Waals surface area contributed by atoms with E-state index in [-0.39, 0.29) is 24.7 Å². The number of nitrogens with one attached hydrogen (secondary N) is 1. The van der Waals surface area contributed by atoms with Gasteiger partial charge in [-0.3, -0.25) is 4.79 Å². The first-order chi connectivity index (χ1) is 11.6. The van der Waals surface area contributed by atoms with Crippen molar-refractivity contribution in [3.8, 4) is 11.9 Å². The maximum absolute atomic E-state index is 11.8. The monoisotopic (exact) mass is 344 g/mol. The number of hydrogen-bond donors (Lipinski definition) is 1. The molecule has 124 valence electrons. The zero-order valence-electron chi connectivity index (χ0n) is 13.3. The van der Waals surface area contributed by atoms with E-state index in [4.69, 9.17) is 9.47 Å². The van der Waals surface area contributed by atoms with Crippen molar-refractivity contribution >= 4 is 23.5 Å². The van der Waals surface area contributed by atoms with Crippen molar-refractivity contribution in [2.45, 2.75) is 13.5 Å². The summed E-state index contributed by atoms with van der Waals surface area (Å²) in [6.07, 6.45) is 1.55. The minimum absolute atomic E-state index is 0.113. The molecule has 2 aromatic rings. The van der Waals surface area contributed by atoms with Crippen LogP contribution in [0.15, 0.2) is 28.7 Å². The fourth-order valence-corrected chi connectivity index (χ4v) is 2.49. The van der Waals surface area contributed by atoms with Crippen molar-refractivity contribution in [1.82, 2.24) is 10.4 Å². The number of thiophene rings is 1. The van der Waals surface area contributed by atoms with Gasteiger partial charge in [0.1, 0.15) is 11.6 Å². The number of ether oxygens (including phenoxy) is 2. The zero-order chi connectivity index (χ0) is 17.4. The van der Waals surface area contributed by atoms with Crippen molar-refractivity contribution in [3.05, 3.63) is 45.3 Å². The highest BCUT2D eigenvalue weighted by molar-refractivity contribution is 7.11. The predicted octanol–water partition coefficient (Wildman–Crippen LogP) is 2.00. The maximum atomic E-state index is 11.8. The smallest absolute Gasteiger partial charge is 0.278 e. The molecule has 1 N–H and O–H groups in total. The molecule has 0 unspecified atom stereocenters. The Balaban J connectivity index is 1.98. The molecule has 0 aliphatic rings. The molecule has 1 amide bonds. The highest BCUT2D eigenvalue weighted by atomic mass is 32.1. The summed E-state index contributed by atoms with van der Waals surface area (Å²) in [6, 6.07) is 7.55. The molecule has 0 saturated heterocycles.